The Labute approximate surface area is 95.3 Å². The number of aliphatic hydroxyl groups is 1. The Hall–Kier alpha value is -0.0400. The lowest BCUT2D eigenvalue weighted by Crippen LogP contribution is -2.41. The summed E-state index contributed by atoms with van der Waals surface area (Å²) in [5.74, 6) is 2.07. The van der Waals surface area contributed by atoms with Crippen LogP contribution in [-0.4, -0.2) is 10.7 Å². The van der Waals surface area contributed by atoms with Gasteiger partial charge in [-0.2, -0.15) is 0 Å². The van der Waals surface area contributed by atoms with Crippen molar-refractivity contribution < 1.29 is 5.11 Å². The van der Waals surface area contributed by atoms with Crippen molar-refractivity contribution in [2.45, 2.75) is 71.8 Å². The minimum Gasteiger partial charge on any atom is -0.390 e. The Bertz CT molecular complexity index is 188. The Balaban J connectivity index is 2.37. The summed E-state index contributed by atoms with van der Waals surface area (Å²) < 4.78 is 0. The zero-order valence-corrected chi connectivity index (χ0v) is 10.9. The molecular formula is C14H28O. The first kappa shape index (κ1) is 13.0. The van der Waals surface area contributed by atoms with Crippen molar-refractivity contribution in [3.63, 3.8) is 0 Å². The van der Waals surface area contributed by atoms with Gasteiger partial charge in [0, 0.05) is 0 Å². The molecule has 1 rings (SSSR count). The third-order valence-electron chi connectivity index (χ3n) is 4.13. The number of hydrogen-bond donors (Lipinski definition) is 1. The monoisotopic (exact) mass is 212 g/mol. The second-order valence-electron chi connectivity index (χ2n) is 6.17. The van der Waals surface area contributed by atoms with Gasteiger partial charge in [0.1, 0.15) is 0 Å². The first-order valence-corrected chi connectivity index (χ1v) is 6.66. The summed E-state index contributed by atoms with van der Waals surface area (Å²) >= 11 is 0. The standard InChI is InChI=1S/C14H28O/c1-11(2)6-5-8-14(15)9-7-12(3)10-13(14)4/h11-13,15H,5-10H2,1-4H3. The normalized spacial score (nSPS) is 37.2. The molecule has 90 valence electrons. The minimum absolute atomic E-state index is 0.346. The molecule has 0 bridgehead atoms. The van der Waals surface area contributed by atoms with Crippen molar-refractivity contribution in [3.8, 4) is 0 Å². The van der Waals surface area contributed by atoms with Gasteiger partial charge in [-0.05, 0) is 43.4 Å². The van der Waals surface area contributed by atoms with E-state index in [1.807, 2.05) is 0 Å². The molecule has 3 unspecified atom stereocenters. The van der Waals surface area contributed by atoms with E-state index in [1.54, 1.807) is 0 Å². The van der Waals surface area contributed by atoms with Gasteiger partial charge in [0.25, 0.3) is 0 Å². The molecule has 3 atom stereocenters. The van der Waals surface area contributed by atoms with E-state index >= 15 is 0 Å². The van der Waals surface area contributed by atoms with E-state index in [9.17, 15) is 5.11 Å². The minimum atomic E-state index is -0.346. The predicted molar refractivity (Wildman–Crippen MR) is 65.8 cm³/mol. The average Bonchev–Trinajstić information content (AvgIpc) is 2.12. The fraction of sp³-hybridized carbons (Fsp3) is 1.00. The molecule has 1 saturated carbocycles. The maximum atomic E-state index is 10.6. The van der Waals surface area contributed by atoms with E-state index in [0.29, 0.717) is 5.92 Å². The SMILES string of the molecule is CC(C)CCCC1(O)CCC(C)CC1C. The predicted octanol–water partition coefficient (Wildman–Crippen LogP) is 4.00. The topological polar surface area (TPSA) is 20.2 Å². The first-order chi connectivity index (χ1) is 6.94. The summed E-state index contributed by atoms with van der Waals surface area (Å²) in [7, 11) is 0. The smallest absolute Gasteiger partial charge is 0.0673 e. The van der Waals surface area contributed by atoms with Crippen molar-refractivity contribution in [1.82, 2.24) is 0 Å². The third kappa shape index (κ3) is 3.79. The second-order valence-corrected chi connectivity index (χ2v) is 6.17. The van der Waals surface area contributed by atoms with Crippen molar-refractivity contribution in [2.75, 3.05) is 0 Å². The van der Waals surface area contributed by atoms with Crippen LogP contribution in [0.5, 0.6) is 0 Å². The lowest BCUT2D eigenvalue weighted by molar-refractivity contribution is -0.0610. The van der Waals surface area contributed by atoms with E-state index in [-0.39, 0.29) is 5.60 Å². The van der Waals surface area contributed by atoms with Gasteiger partial charge in [0.2, 0.25) is 0 Å². The first-order valence-electron chi connectivity index (χ1n) is 6.66. The van der Waals surface area contributed by atoms with Crippen molar-refractivity contribution in [1.29, 1.82) is 0 Å². The van der Waals surface area contributed by atoms with E-state index in [4.69, 9.17) is 0 Å². The highest BCUT2D eigenvalue weighted by Gasteiger charge is 2.37. The molecule has 1 aliphatic rings. The highest BCUT2D eigenvalue weighted by Crippen LogP contribution is 2.39. The zero-order valence-electron chi connectivity index (χ0n) is 10.9. The van der Waals surface area contributed by atoms with Gasteiger partial charge in [0.15, 0.2) is 0 Å². The molecule has 1 N–H and O–H groups in total. The maximum Gasteiger partial charge on any atom is 0.0673 e. The highest BCUT2D eigenvalue weighted by molar-refractivity contribution is 4.89. The Kier molecular flexibility index (Phi) is 4.64. The van der Waals surface area contributed by atoms with E-state index < -0.39 is 0 Å². The summed E-state index contributed by atoms with van der Waals surface area (Å²) in [6.07, 6.45) is 6.89. The second kappa shape index (κ2) is 5.34. The fourth-order valence-electron chi connectivity index (χ4n) is 2.87. The van der Waals surface area contributed by atoms with Crippen molar-refractivity contribution in [3.05, 3.63) is 0 Å². The Morgan fingerprint density at radius 1 is 1.33 bits per heavy atom. The van der Waals surface area contributed by atoms with Gasteiger partial charge in [-0.3, -0.25) is 0 Å². The number of rotatable bonds is 4. The largest absolute Gasteiger partial charge is 0.390 e. The molecule has 1 aliphatic carbocycles. The Morgan fingerprint density at radius 3 is 2.53 bits per heavy atom. The van der Waals surface area contributed by atoms with E-state index in [1.165, 1.54) is 25.7 Å². The molecule has 1 nitrogen and oxygen atoms in total. The summed E-state index contributed by atoms with van der Waals surface area (Å²) in [4.78, 5) is 0. The van der Waals surface area contributed by atoms with Crippen molar-refractivity contribution in [2.24, 2.45) is 17.8 Å². The highest BCUT2D eigenvalue weighted by atomic mass is 16.3. The van der Waals surface area contributed by atoms with Crippen LogP contribution in [0.3, 0.4) is 0 Å². The summed E-state index contributed by atoms with van der Waals surface area (Å²) in [6.45, 7) is 9.06. The maximum absolute atomic E-state index is 10.6. The van der Waals surface area contributed by atoms with Gasteiger partial charge in [-0.1, -0.05) is 40.5 Å². The van der Waals surface area contributed by atoms with Crippen LogP contribution in [0, 0.1) is 17.8 Å². The molecule has 0 radical (unpaired) electrons. The molecule has 0 aliphatic heterocycles. The quantitative estimate of drug-likeness (QED) is 0.747. The fourth-order valence-corrected chi connectivity index (χ4v) is 2.87. The molecule has 0 aromatic heterocycles. The van der Waals surface area contributed by atoms with Crippen molar-refractivity contribution >= 4 is 0 Å². The van der Waals surface area contributed by atoms with Gasteiger partial charge in [0.05, 0.1) is 5.60 Å². The van der Waals surface area contributed by atoms with Crippen LogP contribution in [0.1, 0.15) is 66.2 Å². The summed E-state index contributed by atoms with van der Waals surface area (Å²) in [5, 5.41) is 10.6. The van der Waals surface area contributed by atoms with Crippen LogP contribution in [0.4, 0.5) is 0 Å². The van der Waals surface area contributed by atoms with Gasteiger partial charge >= 0.3 is 0 Å². The lowest BCUT2D eigenvalue weighted by atomic mass is 9.70. The van der Waals surface area contributed by atoms with Gasteiger partial charge < -0.3 is 5.11 Å². The lowest BCUT2D eigenvalue weighted by Gasteiger charge is -2.41. The summed E-state index contributed by atoms with van der Waals surface area (Å²) in [5.41, 5.74) is -0.346. The molecule has 0 aromatic carbocycles. The van der Waals surface area contributed by atoms with Gasteiger partial charge in [-0.15, -0.1) is 0 Å². The molecule has 0 aromatic rings. The average molecular weight is 212 g/mol. The molecule has 15 heavy (non-hydrogen) atoms. The molecule has 0 heterocycles. The molecule has 1 fully saturated rings. The molecular weight excluding hydrogens is 184 g/mol. The molecule has 0 saturated heterocycles. The van der Waals surface area contributed by atoms with Crippen LogP contribution in [0.15, 0.2) is 0 Å². The van der Waals surface area contributed by atoms with Crippen LogP contribution in [0.2, 0.25) is 0 Å². The van der Waals surface area contributed by atoms with E-state index in [0.717, 1.165) is 24.7 Å². The van der Waals surface area contributed by atoms with Gasteiger partial charge in [-0.25, -0.2) is 0 Å². The summed E-state index contributed by atoms with van der Waals surface area (Å²) in [6, 6.07) is 0. The molecule has 0 amide bonds. The molecule has 1 heteroatoms. The zero-order chi connectivity index (χ0) is 11.5. The van der Waals surface area contributed by atoms with Crippen LogP contribution in [0.25, 0.3) is 0 Å². The van der Waals surface area contributed by atoms with Crippen LogP contribution >= 0.6 is 0 Å². The Morgan fingerprint density at radius 2 is 2.00 bits per heavy atom. The van der Waals surface area contributed by atoms with Crippen LogP contribution < -0.4 is 0 Å². The molecule has 0 spiro atoms. The van der Waals surface area contributed by atoms with E-state index in [2.05, 4.69) is 27.7 Å². The number of hydrogen-bond acceptors (Lipinski definition) is 1. The third-order valence-corrected chi connectivity index (χ3v) is 4.13. The van der Waals surface area contributed by atoms with Crippen LogP contribution in [-0.2, 0) is 0 Å².